The van der Waals surface area contributed by atoms with Crippen LogP contribution in [0, 0.1) is 23.2 Å². The summed E-state index contributed by atoms with van der Waals surface area (Å²) < 4.78 is 12.7. The van der Waals surface area contributed by atoms with Gasteiger partial charge in [0.2, 0.25) is 5.90 Å². The highest BCUT2D eigenvalue weighted by Crippen LogP contribution is 2.48. The number of ether oxygens (including phenoxy) is 2. The number of aliphatic imine (C=N–C) groups is 1. The third-order valence-corrected chi connectivity index (χ3v) is 8.46. The lowest BCUT2D eigenvalue weighted by atomic mass is 9.95. The van der Waals surface area contributed by atoms with Gasteiger partial charge in [0.25, 0.3) is 0 Å². The van der Waals surface area contributed by atoms with Crippen molar-refractivity contribution >= 4 is 18.2 Å². The van der Waals surface area contributed by atoms with Crippen molar-refractivity contribution in [3.63, 3.8) is 0 Å². The highest BCUT2D eigenvalue weighted by atomic mass is 16.5. The Bertz CT molecular complexity index is 1640. The highest BCUT2D eigenvalue weighted by molar-refractivity contribution is 5.99. The average Bonchev–Trinajstić information content (AvgIpc) is 3.95. The number of benzene rings is 1. The van der Waals surface area contributed by atoms with Crippen molar-refractivity contribution in [2.75, 3.05) is 13.2 Å². The first-order valence-electron chi connectivity index (χ1n) is 19.3. The van der Waals surface area contributed by atoms with Crippen molar-refractivity contribution in [3.8, 4) is 0 Å². The maximum atomic E-state index is 6.34. The molecule has 4 unspecified atom stereocenters. The van der Waals surface area contributed by atoms with E-state index < -0.39 is 0 Å². The van der Waals surface area contributed by atoms with Crippen LogP contribution in [0.2, 0.25) is 0 Å². The molecule has 4 atom stereocenters. The van der Waals surface area contributed by atoms with Crippen LogP contribution in [0.25, 0.3) is 12.3 Å². The summed E-state index contributed by atoms with van der Waals surface area (Å²) in [6, 6.07) is 7.95. The van der Waals surface area contributed by atoms with Crippen LogP contribution in [0.4, 0.5) is 0 Å². The van der Waals surface area contributed by atoms with Gasteiger partial charge in [-0.05, 0) is 74.7 Å². The number of hydrogen-bond acceptors (Lipinski definition) is 3. The molecular formula is C49H69NO2. The molecule has 3 heteroatoms. The topological polar surface area (TPSA) is 30.8 Å². The van der Waals surface area contributed by atoms with E-state index in [1.165, 1.54) is 17.6 Å². The maximum Gasteiger partial charge on any atom is 0.221 e. The molecule has 1 aromatic carbocycles. The van der Waals surface area contributed by atoms with Crippen molar-refractivity contribution in [2.24, 2.45) is 28.2 Å². The second kappa shape index (κ2) is 25.7. The van der Waals surface area contributed by atoms with E-state index in [4.69, 9.17) is 14.5 Å². The Morgan fingerprint density at radius 2 is 1.73 bits per heavy atom. The lowest BCUT2D eigenvalue weighted by Gasteiger charge is -2.28. The normalized spacial score (nSPS) is 22.7. The van der Waals surface area contributed by atoms with E-state index in [0.29, 0.717) is 30.9 Å². The van der Waals surface area contributed by atoms with Crippen molar-refractivity contribution < 1.29 is 9.47 Å². The van der Waals surface area contributed by atoms with Gasteiger partial charge in [-0.3, -0.25) is 0 Å². The molecule has 1 saturated carbocycles. The van der Waals surface area contributed by atoms with Crippen molar-refractivity contribution in [1.82, 2.24) is 0 Å². The lowest BCUT2D eigenvalue weighted by Crippen LogP contribution is -2.30. The molecule has 0 heterocycles. The van der Waals surface area contributed by atoms with Gasteiger partial charge >= 0.3 is 0 Å². The summed E-state index contributed by atoms with van der Waals surface area (Å²) >= 11 is 0. The predicted molar refractivity (Wildman–Crippen MR) is 232 cm³/mol. The number of hydrogen-bond donors (Lipinski definition) is 0. The van der Waals surface area contributed by atoms with Crippen LogP contribution < -0.4 is 10.4 Å². The van der Waals surface area contributed by atoms with Crippen LogP contribution >= 0.6 is 0 Å². The van der Waals surface area contributed by atoms with Crippen LogP contribution in [0.15, 0.2) is 150 Å². The Morgan fingerprint density at radius 1 is 1.00 bits per heavy atom. The van der Waals surface area contributed by atoms with E-state index in [1.54, 1.807) is 12.2 Å². The quantitative estimate of drug-likeness (QED) is 0.0994. The minimum absolute atomic E-state index is 0.106. The fraction of sp³-hybridized carbons (Fsp3) is 0.408. The number of allylic oxidation sites excluding steroid dienone is 14. The molecule has 0 N–H and O–H groups in total. The van der Waals surface area contributed by atoms with E-state index in [9.17, 15) is 0 Å². The van der Waals surface area contributed by atoms with Crippen LogP contribution in [0.1, 0.15) is 88.5 Å². The van der Waals surface area contributed by atoms with Gasteiger partial charge in [0.05, 0.1) is 25.0 Å². The Labute approximate surface area is 318 Å². The Kier molecular flexibility index (Phi) is 22.6. The Hall–Kier alpha value is -4.21. The summed E-state index contributed by atoms with van der Waals surface area (Å²) in [5.41, 5.74) is 4.20. The zero-order valence-electron chi connectivity index (χ0n) is 34.2. The van der Waals surface area contributed by atoms with Crippen molar-refractivity contribution in [1.29, 1.82) is 0 Å². The summed E-state index contributed by atoms with van der Waals surface area (Å²) in [6.45, 7) is 33.8. The smallest absolute Gasteiger partial charge is 0.221 e. The fourth-order valence-electron chi connectivity index (χ4n) is 5.47. The molecule has 52 heavy (non-hydrogen) atoms. The molecule has 4 rings (SSSR count). The molecule has 0 aliphatic heterocycles. The van der Waals surface area contributed by atoms with Crippen molar-refractivity contribution in [3.05, 3.63) is 156 Å². The van der Waals surface area contributed by atoms with E-state index in [-0.39, 0.29) is 11.5 Å². The number of fused-ring (bicyclic) bond motifs is 1. The SMILES string of the molecule is C=C/C=C(C=C)/C(=N\C(\C=C/C)=c1/ccccc1=C)OCC(C)(C)COC(C)C1=CC=CC2CC12.CC.CC.CC1=CC/C=C\C(C)/C=C\C=C/C1. The highest BCUT2D eigenvalue weighted by Gasteiger charge is 2.41. The number of rotatable bonds is 11. The minimum atomic E-state index is -0.214. The molecule has 282 valence electrons. The molecule has 1 aromatic rings. The molecular weight excluding hydrogens is 635 g/mol. The maximum absolute atomic E-state index is 6.34. The third kappa shape index (κ3) is 16.9. The third-order valence-electron chi connectivity index (χ3n) is 8.46. The van der Waals surface area contributed by atoms with Crippen LogP contribution in [-0.2, 0) is 9.47 Å². The summed E-state index contributed by atoms with van der Waals surface area (Å²) in [5.74, 6) is 2.44. The van der Waals surface area contributed by atoms with Crippen LogP contribution in [0.3, 0.4) is 0 Å². The second-order valence-corrected chi connectivity index (χ2v) is 13.6. The second-order valence-electron chi connectivity index (χ2n) is 13.6. The molecule has 0 bridgehead atoms. The molecule has 0 aromatic heterocycles. The van der Waals surface area contributed by atoms with Gasteiger partial charge in [0, 0.05) is 16.2 Å². The van der Waals surface area contributed by atoms with Crippen LogP contribution in [-0.4, -0.2) is 25.2 Å². The molecule has 0 radical (unpaired) electrons. The van der Waals surface area contributed by atoms with Gasteiger partial charge in [-0.25, -0.2) is 4.99 Å². The van der Waals surface area contributed by atoms with Gasteiger partial charge in [-0.15, -0.1) is 0 Å². The Morgan fingerprint density at radius 3 is 2.40 bits per heavy atom. The largest absolute Gasteiger partial charge is 0.477 e. The summed E-state index contributed by atoms with van der Waals surface area (Å²) in [7, 11) is 0. The molecule has 0 spiro atoms. The van der Waals surface area contributed by atoms with Gasteiger partial charge in [-0.2, -0.15) is 0 Å². The first-order chi connectivity index (χ1) is 25.1. The summed E-state index contributed by atoms with van der Waals surface area (Å²) in [6.07, 6.45) is 34.9. The molecule has 3 nitrogen and oxygen atoms in total. The number of nitrogens with zero attached hydrogens (tertiary/aromatic N) is 1. The van der Waals surface area contributed by atoms with Crippen LogP contribution in [0.5, 0.6) is 0 Å². The molecule has 3 aliphatic carbocycles. The fourth-order valence-corrected chi connectivity index (χ4v) is 5.47. The zero-order chi connectivity index (χ0) is 38.9. The van der Waals surface area contributed by atoms with Gasteiger partial charge in [0.15, 0.2) is 0 Å². The van der Waals surface area contributed by atoms with E-state index in [2.05, 4.69) is 115 Å². The molecule has 1 fully saturated rings. The molecule has 0 saturated heterocycles. The van der Waals surface area contributed by atoms with E-state index in [1.807, 2.05) is 77.1 Å². The molecule has 0 amide bonds. The zero-order valence-corrected chi connectivity index (χ0v) is 34.2. The van der Waals surface area contributed by atoms with E-state index >= 15 is 0 Å². The Balaban J connectivity index is 0.000000663. The van der Waals surface area contributed by atoms with Gasteiger partial charge in [-0.1, -0.05) is 183 Å². The van der Waals surface area contributed by atoms with E-state index in [0.717, 1.165) is 40.5 Å². The molecule has 3 aliphatic rings. The summed E-state index contributed by atoms with van der Waals surface area (Å²) in [5, 5.41) is 1.86. The van der Waals surface area contributed by atoms with Gasteiger partial charge < -0.3 is 9.47 Å². The van der Waals surface area contributed by atoms with Crippen molar-refractivity contribution in [2.45, 2.75) is 94.6 Å². The monoisotopic (exact) mass is 704 g/mol. The first kappa shape index (κ1) is 45.8. The first-order valence-corrected chi connectivity index (χ1v) is 19.3. The lowest BCUT2D eigenvalue weighted by molar-refractivity contribution is 0.00505. The van der Waals surface area contributed by atoms with Gasteiger partial charge in [0.1, 0.15) is 0 Å². The minimum Gasteiger partial charge on any atom is -0.477 e. The predicted octanol–water partition coefficient (Wildman–Crippen LogP) is 12.1. The standard InChI is InChI=1S/C32H39NO2.C13H18.2C2H6/c1-8-14-25(10-3)31(33-30(15-9-2)27-18-12-11-16-23(27)4)35-22-32(6,7)21-34-24(5)28-19-13-17-26-20-29(26)28;1-12-8-4-3-5-9-13(2)11-7-6-10-12;2*1-2/h8-19,24,26,29H,1,3-4,20-22H2,2,5-7H3;3-6,8,10-12H,7,9H2,1-2H3;2*1-2H3/b15-9-,25-14+,30-27+,33-31+;5-3-,8-4-,10-6-,13-11?;;. The summed E-state index contributed by atoms with van der Waals surface area (Å²) in [4.78, 5) is 4.91. The average molecular weight is 704 g/mol.